The number of morpholine rings is 1. The highest BCUT2D eigenvalue weighted by Gasteiger charge is 2.37. The highest BCUT2D eigenvalue weighted by Crippen LogP contribution is 2.37. The van der Waals surface area contributed by atoms with Crippen LogP contribution in [0.5, 0.6) is 11.5 Å². The molecular formula is C28H31N3O8S2. The lowest BCUT2D eigenvalue weighted by Crippen LogP contribution is -2.51. The van der Waals surface area contributed by atoms with E-state index in [0.717, 1.165) is 5.56 Å². The Hall–Kier alpha value is -3.65. The van der Waals surface area contributed by atoms with Gasteiger partial charge in [-0.15, -0.1) is 0 Å². The monoisotopic (exact) mass is 601 g/mol. The van der Waals surface area contributed by atoms with E-state index in [2.05, 4.69) is 5.32 Å². The third-order valence-electron chi connectivity index (χ3n) is 6.71. The molecule has 0 aromatic heterocycles. The lowest BCUT2D eigenvalue weighted by atomic mass is 10.1. The van der Waals surface area contributed by atoms with Gasteiger partial charge in [-0.2, -0.15) is 4.31 Å². The van der Waals surface area contributed by atoms with Crippen LogP contribution in [-0.4, -0.2) is 79.2 Å². The van der Waals surface area contributed by atoms with Gasteiger partial charge >= 0.3 is 0 Å². The largest absolute Gasteiger partial charge is 0.492 e. The van der Waals surface area contributed by atoms with Crippen molar-refractivity contribution in [3.63, 3.8) is 0 Å². The average molecular weight is 602 g/mol. The second kappa shape index (κ2) is 12.1. The molecule has 0 saturated carbocycles. The summed E-state index contributed by atoms with van der Waals surface area (Å²) >= 11 is 0. The van der Waals surface area contributed by atoms with Gasteiger partial charge in [0, 0.05) is 13.1 Å². The summed E-state index contributed by atoms with van der Waals surface area (Å²) < 4.78 is 71.9. The Kier molecular flexibility index (Phi) is 8.50. The number of nitrogens with one attached hydrogen (secondary N) is 1. The first-order chi connectivity index (χ1) is 19.7. The van der Waals surface area contributed by atoms with E-state index in [9.17, 15) is 21.6 Å². The van der Waals surface area contributed by atoms with Crippen molar-refractivity contribution >= 4 is 31.6 Å². The molecule has 0 bridgehead atoms. The van der Waals surface area contributed by atoms with Gasteiger partial charge in [0.25, 0.3) is 15.9 Å². The molecule has 2 heterocycles. The molecule has 2 aliphatic heterocycles. The molecule has 218 valence electrons. The number of nitrogens with zero attached hydrogens (tertiary/aromatic N) is 2. The zero-order valence-corrected chi connectivity index (χ0v) is 24.1. The molecule has 11 nitrogen and oxygen atoms in total. The number of sulfonamides is 2. The number of carbonyl (C=O) groups is 1. The maximum absolute atomic E-state index is 13.5. The number of aryl methyl sites for hydroxylation is 1. The van der Waals surface area contributed by atoms with E-state index in [0.29, 0.717) is 43.5 Å². The van der Waals surface area contributed by atoms with Crippen LogP contribution in [0.25, 0.3) is 0 Å². The number of amides is 1. The van der Waals surface area contributed by atoms with E-state index in [1.54, 1.807) is 48.5 Å². The molecule has 1 fully saturated rings. The molecule has 1 N–H and O–H groups in total. The molecule has 1 atom stereocenters. The topological polar surface area (TPSA) is 132 Å². The molecule has 2 aliphatic rings. The standard InChI is InChI=1S/C28H31N3O8S2/c1-21-7-12-25-26(19-21)39-27(20-31(25)41(35,36)23-5-3-2-4-6-23)28(32)29-13-16-38-22-8-10-24(11-9-22)40(33,34)30-14-17-37-18-15-30/h2-12,19,27H,13-18,20H2,1H3,(H,29,32). The Morgan fingerprint density at radius 1 is 0.927 bits per heavy atom. The Bertz CT molecular complexity index is 1590. The van der Waals surface area contributed by atoms with Crippen LogP contribution in [-0.2, 0) is 29.6 Å². The van der Waals surface area contributed by atoms with E-state index in [4.69, 9.17) is 14.2 Å². The number of benzene rings is 3. The number of hydrogen-bond acceptors (Lipinski definition) is 8. The summed E-state index contributed by atoms with van der Waals surface area (Å²) in [6, 6.07) is 19.3. The van der Waals surface area contributed by atoms with Gasteiger partial charge in [-0.3, -0.25) is 9.10 Å². The predicted octanol–water partition coefficient (Wildman–Crippen LogP) is 2.17. The zero-order chi connectivity index (χ0) is 29.0. The minimum absolute atomic E-state index is 0.107. The van der Waals surface area contributed by atoms with Crippen molar-refractivity contribution in [2.24, 2.45) is 0 Å². The second-order valence-corrected chi connectivity index (χ2v) is 13.4. The molecule has 3 aromatic rings. The average Bonchev–Trinajstić information content (AvgIpc) is 2.99. The molecular weight excluding hydrogens is 570 g/mol. The summed E-state index contributed by atoms with van der Waals surface area (Å²) in [6.07, 6.45) is -1.08. The molecule has 41 heavy (non-hydrogen) atoms. The number of fused-ring (bicyclic) bond motifs is 1. The molecule has 1 unspecified atom stereocenters. The van der Waals surface area contributed by atoms with Gasteiger partial charge in [0.2, 0.25) is 10.0 Å². The Morgan fingerprint density at radius 2 is 1.61 bits per heavy atom. The van der Waals surface area contributed by atoms with E-state index < -0.39 is 32.1 Å². The van der Waals surface area contributed by atoms with E-state index in [1.807, 2.05) is 6.92 Å². The number of rotatable bonds is 9. The highest BCUT2D eigenvalue weighted by atomic mass is 32.2. The van der Waals surface area contributed by atoms with Crippen molar-refractivity contribution in [3.05, 3.63) is 78.4 Å². The fourth-order valence-corrected chi connectivity index (χ4v) is 7.45. The smallest absolute Gasteiger partial charge is 0.264 e. The predicted molar refractivity (Wildman–Crippen MR) is 151 cm³/mol. The molecule has 5 rings (SSSR count). The summed E-state index contributed by atoms with van der Waals surface area (Å²) in [5.41, 5.74) is 1.23. The van der Waals surface area contributed by atoms with E-state index in [1.165, 1.54) is 32.9 Å². The summed E-state index contributed by atoms with van der Waals surface area (Å²) in [7, 11) is -7.55. The fourth-order valence-electron chi connectivity index (χ4n) is 4.55. The first kappa shape index (κ1) is 28.9. The highest BCUT2D eigenvalue weighted by molar-refractivity contribution is 7.92. The van der Waals surface area contributed by atoms with Crippen molar-refractivity contribution in [3.8, 4) is 11.5 Å². The SMILES string of the molecule is Cc1ccc2c(c1)OC(C(=O)NCCOc1ccc(S(=O)(=O)N3CCOCC3)cc1)CN2S(=O)(=O)c1ccccc1. The number of hydrogen-bond donors (Lipinski definition) is 1. The quantitative estimate of drug-likeness (QED) is 0.369. The van der Waals surface area contributed by atoms with Gasteiger partial charge in [0.05, 0.1) is 41.8 Å². The van der Waals surface area contributed by atoms with E-state index >= 15 is 0 Å². The number of carbonyl (C=O) groups excluding carboxylic acids is 1. The maximum atomic E-state index is 13.5. The van der Waals surface area contributed by atoms with Crippen LogP contribution in [0.2, 0.25) is 0 Å². The lowest BCUT2D eigenvalue weighted by molar-refractivity contribution is -0.127. The second-order valence-electron chi connectivity index (χ2n) is 9.55. The normalized spacial score (nSPS) is 17.8. The Balaban J connectivity index is 1.19. The Labute approximate surface area is 239 Å². The van der Waals surface area contributed by atoms with Crippen LogP contribution in [0.3, 0.4) is 0 Å². The first-order valence-electron chi connectivity index (χ1n) is 13.1. The summed E-state index contributed by atoms with van der Waals surface area (Å²) in [5.74, 6) is 0.263. The van der Waals surface area contributed by atoms with Crippen LogP contribution < -0.4 is 19.1 Å². The summed E-state index contributed by atoms with van der Waals surface area (Å²) in [6.45, 7) is 3.24. The lowest BCUT2D eigenvalue weighted by Gasteiger charge is -2.35. The molecule has 0 aliphatic carbocycles. The molecule has 3 aromatic carbocycles. The zero-order valence-electron chi connectivity index (χ0n) is 22.4. The van der Waals surface area contributed by atoms with Crippen LogP contribution in [0.4, 0.5) is 5.69 Å². The Morgan fingerprint density at radius 3 is 2.32 bits per heavy atom. The van der Waals surface area contributed by atoms with Crippen LogP contribution in [0.1, 0.15) is 5.56 Å². The van der Waals surface area contributed by atoms with Crippen molar-refractivity contribution in [1.29, 1.82) is 0 Å². The van der Waals surface area contributed by atoms with Gasteiger partial charge < -0.3 is 19.5 Å². The fraction of sp³-hybridized carbons (Fsp3) is 0.321. The third-order valence-corrected chi connectivity index (χ3v) is 10.4. The summed E-state index contributed by atoms with van der Waals surface area (Å²) in [5, 5.41) is 2.73. The summed E-state index contributed by atoms with van der Waals surface area (Å²) in [4.78, 5) is 13.3. The van der Waals surface area contributed by atoms with Crippen molar-refractivity contribution in [1.82, 2.24) is 9.62 Å². The molecule has 1 saturated heterocycles. The van der Waals surface area contributed by atoms with Crippen LogP contribution in [0, 0.1) is 6.92 Å². The minimum atomic E-state index is -3.94. The van der Waals surface area contributed by atoms with Gasteiger partial charge in [0.15, 0.2) is 6.10 Å². The van der Waals surface area contributed by atoms with Crippen molar-refractivity contribution < 1.29 is 35.8 Å². The van der Waals surface area contributed by atoms with Crippen molar-refractivity contribution in [2.45, 2.75) is 22.8 Å². The van der Waals surface area contributed by atoms with Crippen molar-refractivity contribution in [2.75, 3.05) is 50.3 Å². The molecule has 13 heteroatoms. The van der Waals surface area contributed by atoms with Gasteiger partial charge in [0.1, 0.15) is 18.1 Å². The molecule has 0 spiro atoms. The first-order valence-corrected chi connectivity index (χ1v) is 16.0. The number of ether oxygens (including phenoxy) is 3. The van der Waals surface area contributed by atoms with Crippen LogP contribution in [0.15, 0.2) is 82.6 Å². The molecule has 0 radical (unpaired) electrons. The third kappa shape index (κ3) is 6.32. The number of anilines is 1. The maximum Gasteiger partial charge on any atom is 0.264 e. The van der Waals surface area contributed by atoms with Gasteiger partial charge in [-0.1, -0.05) is 24.3 Å². The van der Waals surface area contributed by atoms with Gasteiger partial charge in [-0.05, 0) is 61.0 Å². The van der Waals surface area contributed by atoms with E-state index in [-0.39, 0.29) is 29.5 Å². The van der Waals surface area contributed by atoms with Crippen LogP contribution >= 0.6 is 0 Å². The van der Waals surface area contributed by atoms with Gasteiger partial charge in [-0.25, -0.2) is 16.8 Å². The molecule has 1 amide bonds. The minimum Gasteiger partial charge on any atom is -0.492 e.